The molecule has 0 spiro atoms. The molecule has 0 rings (SSSR count). The molecule has 0 radical (unpaired) electrons. The monoisotopic (exact) mass is 588 g/mol. The summed E-state index contributed by atoms with van der Waals surface area (Å²) in [6, 6.07) is -0.916. The minimum atomic E-state index is -0.916. The molecule has 3 N–H and O–H groups in total. The lowest BCUT2D eigenvalue weighted by molar-refractivity contribution is -0.140. The van der Waals surface area contributed by atoms with Crippen molar-refractivity contribution in [1.82, 2.24) is 20.9 Å². The summed E-state index contributed by atoms with van der Waals surface area (Å²) in [7, 11) is 1.30. The number of nitrogens with zero attached hydrogens (tertiary/aromatic N) is 1. The summed E-state index contributed by atoms with van der Waals surface area (Å²) in [6.07, 6.45) is 3.24. The fraction of sp³-hybridized carbons (Fsp3) is 0.821. The van der Waals surface area contributed by atoms with Crippen LogP contribution in [0.5, 0.6) is 0 Å². The molecule has 41 heavy (non-hydrogen) atoms. The second kappa shape index (κ2) is 22.4. The molecule has 1 unspecified atom stereocenters. The number of alkyl carbamates (subject to hydrolysis) is 2. The first-order valence-corrected chi connectivity index (χ1v) is 14.6. The van der Waals surface area contributed by atoms with E-state index in [0.29, 0.717) is 45.6 Å². The minimum absolute atomic E-state index is 0.154. The lowest BCUT2D eigenvalue weighted by Gasteiger charge is -2.25. The molecule has 0 fully saturated rings. The Morgan fingerprint density at radius 1 is 0.780 bits per heavy atom. The zero-order chi connectivity index (χ0) is 31.1. The van der Waals surface area contributed by atoms with Crippen LogP contribution in [0.1, 0.15) is 92.4 Å². The molecular weight excluding hydrogens is 536 g/mol. The second-order valence-corrected chi connectivity index (χ2v) is 10.5. The molecule has 0 saturated carbocycles. The van der Waals surface area contributed by atoms with Crippen LogP contribution in [0.25, 0.3) is 0 Å². The van der Waals surface area contributed by atoms with Crippen LogP contribution in [-0.4, -0.2) is 93.2 Å². The number of rotatable bonds is 20. The molecule has 13 nitrogen and oxygen atoms in total. The van der Waals surface area contributed by atoms with Crippen LogP contribution in [0.2, 0.25) is 0 Å². The summed E-state index contributed by atoms with van der Waals surface area (Å²) in [6.45, 7) is 11.0. The largest absolute Gasteiger partial charge is 0.469 e. The van der Waals surface area contributed by atoms with Gasteiger partial charge in [0, 0.05) is 32.6 Å². The third kappa shape index (κ3) is 21.2. The summed E-state index contributed by atoms with van der Waals surface area (Å²) in [4.78, 5) is 62.5. The highest BCUT2D eigenvalue weighted by Gasteiger charge is 2.25. The van der Waals surface area contributed by atoms with Gasteiger partial charge in [-0.15, -0.1) is 0 Å². The van der Waals surface area contributed by atoms with Crippen LogP contribution in [0, 0.1) is 0 Å². The number of carbonyl (C=O) groups excluding carboxylic acids is 5. The average Bonchev–Trinajstić information content (AvgIpc) is 2.90. The van der Waals surface area contributed by atoms with Crippen molar-refractivity contribution >= 4 is 30.2 Å². The van der Waals surface area contributed by atoms with Gasteiger partial charge in [-0.05, 0) is 59.3 Å². The predicted molar refractivity (Wildman–Crippen MR) is 153 cm³/mol. The van der Waals surface area contributed by atoms with Crippen LogP contribution >= 0.6 is 0 Å². The van der Waals surface area contributed by atoms with Crippen LogP contribution in [0.15, 0.2) is 0 Å². The van der Waals surface area contributed by atoms with E-state index in [1.807, 2.05) is 13.8 Å². The zero-order valence-electron chi connectivity index (χ0n) is 25.8. The second-order valence-electron chi connectivity index (χ2n) is 10.5. The van der Waals surface area contributed by atoms with Gasteiger partial charge in [0.15, 0.2) is 0 Å². The number of methoxy groups -OCH3 is 1. The Balaban J connectivity index is 5.09. The Bertz CT molecular complexity index is 787. The highest BCUT2D eigenvalue weighted by molar-refractivity contribution is 5.85. The van der Waals surface area contributed by atoms with E-state index in [-0.39, 0.29) is 31.9 Å². The summed E-state index contributed by atoms with van der Waals surface area (Å²) in [5.74, 6) is -0.805. The molecule has 238 valence electrons. The third-order valence-electron chi connectivity index (χ3n) is 5.60. The maximum absolute atomic E-state index is 12.9. The first kappa shape index (κ1) is 37.8. The number of hydrogen-bond acceptors (Lipinski definition) is 9. The Hall–Kier alpha value is -3.25. The van der Waals surface area contributed by atoms with Crippen LogP contribution in [0.3, 0.4) is 0 Å². The first-order chi connectivity index (χ1) is 19.4. The molecule has 0 heterocycles. The normalized spacial score (nSPS) is 11.6. The number of amides is 4. The lowest BCUT2D eigenvalue weighted by Crippen LogP contribution is -2.48. The van der Waals surface area contributed by atoms with Gasteiger partial charge in [0.2, 0.25) is 5.91 Å². The standard InChI is InChI=1S/C28H52N4O9/c1-7-9-20-39-25(35)30-17-13-19-32(27(37)40-21-10-8-2)18-12-14-22(31-26(36)41-28(3,4)5)24(34)29-16-11-15-23(33)38-6/h22H,7-21H2,1-6H3,(H,29,34)(H,30,35)(H,31,36). The highest BCUT2D eigenvalue weighted by atomic mass is 16.6. The van der Waals surface area contributed by atoms with Crippen molar-refractivity contribution in [1.29, 1.82) is 0 Å². The Labute approximate surface area is 244 Å². The number of nitrogens with one attached hydrogen (secondary N) is 3. The molecule has 0 aliphatic heterocycles. The van der Waals surface area contributed by atoms with Crippen molar-refractivity contribution in [2.45, 2.75) is 104 Å². The van der Waals surface area contributed by atoms with Crippen LogP contribution in [0.4, 0.5) is 14.4 Å². The van der Waals surface area contributed by atoms with Gasteiger partial charge in [-0.2, -0.15) is 0 Å². The maximum Gasteiger partial charge on any atom is 0.409 e. The van der Waals surface area contributed by atoms with Gasteiger partial charge in [0.25, 0.3) is 0 Å². The summed E-state index contributed by atoms with van der Waals surface area (Å²) in [5, 5.41) is 8.00. The average molecular weight is 589 g/mol. The van der Waals surface area contributed by atoms with E-state index in [4.69, 9.17) is 14.2 Å². The topological polar surface area (TPSA) is 162 Å². The molecular formula is C28H52N4O9. The van der Waals surface area contributed by atoms with Gasteiger partial charge >= 0.3 is 24.2 Å². The SMILES string of the molecule is CCCCOC(=O)NCCCN(CCCC(NC(=O)OC(C)(C)C)C(=O)NCCCC(=O)OC)C(=O)OCCCC. The van der Waals surface area contributed by atoms with Crippen molar-refractivity contribution in [3.05, 3.63) is 0 Å². The van der Waals surface area contributed by atoms with Crippen molar-refractivity contribution in [2.24, 2.45) is 0 Å². The van der Waals surface area contributed by atoms with E-state index in [0.717, 1.165) is 25.7 Å². The number of carbonyl (C=O) groups is 5. The highest BCUT2D eigenvalue weighted by Crippen LogP contribution is 2.09. The Morgan fingerprint density at radius 2 is 1.39 bits per heavy atom. The molecule has 13 heteroatoms. The zero-order valence-corrected chi connectivity index (χ0v) is 25.8. The van der Waals surface area contributed by atoms with Gasteiger partial charge in [-0.25, -0.2) is 14.4 Å². The van der Waals surface area contributed by atoms with E-state index >= 15 is 0 Å². The van der Waals surface area contributed by atoms with Crippen LogP contribution in [-0.2, 0) is 28.5 Å². The van der Waals surface area contributed by atoms with Crippen molar-refractivity contribution in [3.8, 4) is 0 Å². The summed E-state index contributed by atoms with van der Waals surface area (Å²) in [5.41, 5.74) is -0.749. The quantitative estimate of drug-likeness (QED) is 0.109. The molecule has 0 aliphatic carbocycles. The molecule has 0 aliphatic rings. The van der Waals surface area contributed by atoms with E-state index < -0.39 is 35.8 Å². The smallest absolute Gasteiger partial charge is 0.409 e. The van der Waals surface area contributed by atoms with Crippen molar-refractivity contribution < 1.29 is 42.9 Å². The van der Waals surface area contributed by atoms with Gasteiger partial charge in [0.05, 0.1) is 20.3 Å². The fourth-order valence-corrected chi connectivity index (χ4v) is 3.38. The molecule has 0 aromatic heterocycles. The number of unbranched alkanes of at least 4 members (excludes halogenated alkanes) is 2. The molecule has 1 atom stereocenters. The van der Waals surface area contributed by atoms with E-state index in [1.165, 1.54) is 12.0 Å². The van der Waals surface area contributed by atoms with Crippen molar-refractivity contribution in [2.75, 3.05) is 46.5 Å². The summed E-state index contributed by atoms with van der Waals surface area (Å²) < 4.78 is 20.4. The number of ether oxygens (including phenoxy) is 4. The third-order valence-corrected chi connectivity index (χ3v) is 5.60. The van der Waals surface area contributed by atoms with E-state index in [1.54, 1.807) is 20.8 Å². The first-order valence-electron chi connectivity index (χ1n) is 14.6. The maximum atomic E-state index is 12.9. The minimum Gasteiger partial charge on any atom is -0.469 e. The van der Waals surface area contributed by atoms with Crippen molar-refractivity contribution in [3.63, 3.8) is 0 Å². The van der Waals surface area contributed by atoms with E-state index in [9.17, 15) is 24.0 Å². The Morgan fingerprint density at radius 3 is 2.00 bits per heavy atom. The number of hydrogen-bond donors (Lipinski definition) is 3. The summed E-state index contributed by atoms with van der Waals surface area (Å²) >= 11 is 0. The fourth-order valence-electron chi connectivity index (χ4n) is 3.38. The Kier molecular flexibility index (Phi) is 20.7. The number of esters is 1. The molecule has 0 aromatic carbocycles. The molecule has 0 bridgehead atoms. The molecule has 0 saturated heterocycles. The lowest BCUT2D eigenvalue weighted by atomic mass is 10.1. The van der Waals surface area contributed by atoms with Gasteiger partial charge in [-0.1, -0.05) is 26.7 Å². The van der Waals surface area contributed by atoms with E-state index in [2.05, 4.69) is 20.7 Å². The van der Waals surface area contributed by atoms with Crippen LogP contribution < -0.4 is 16.0 Å². The van der Waals surface area contributed by atoms with Gasteiger partial charge in [-0.3, -0.25) is 9.59 Å². The molecule has 4 amide bonds. The van der Waals surface area contributed by atoms with Gasteiger partial charge < -0.3 is 39.8 Å². The van der Waals surface area contributed by atoms with Gasteiger partial charge in [0.1, 0.15) is 11.6 Å². The molecule has 0 aromatic rings. The predicted octanol–water partition coefficient (Wildman–Crippen LogP) is 3.88.